The minimum absolute atomic E-state index is 0.168. The fraction of sp³-hybridized carbons (Fsp3) is 0.150. The van der Waals surface area contributed by atoms with Gasteiger partial charge in [-0.2, -0.15) is 9.50 Å². The number of fused-ring (bicyclic) bond motifs is 3. The van der Waals surface area contributed by atoms with E-state index in [2.05, 4.69) is 25.0 Å². The average Bonchev–Trinajstić information content (AvgIpc) is 3.35. The molecule has 5 aromatic rings. The summed E-state index contributed by atoms with van der Waals surface area (Å²) >= 11 is 0. The molecule has 1 N–H and O–H groups in total. The molecule has 5 rings (SSSR count). The Labute approximate surface area is 159 Å². The van der Waals surface area contributed by atoms with Crippen LogP contribution in [0.1, 0.15) is 18.3 Å². The van der Waals surface area contributed by atoms with Gasteiger partial charge in [-0.15, -0.1) is 5.10 Å². The zero-order valence-electron chi connectivity index (χ0n) is 15.2. The predicted molar refractivity (Wildman–Crippen MR) is 105 cm³/mol. The van der Waals surface area contributed by atoms with E-state index < -0.39 is 0 Å². The molecule has 0 atom stereocenters. The van der Waals surface area contributed by atoms with Gasteiger partial charge in [0.15, 0.2) is 22.8 Å². The van der Waals surface area contributed by atoms with E-state index in [1.807, 2.05) is 55.5 Å². The van der Waals surface area contributed by atoms with Crippen LogP contribution in [0.3, 0.4) is 0 Å². The molecule has 1 aromatic carbocycles. The minimum atomic E-state index is -0.168. The molecule has 8 heteroatoms. The number of imidazole rings is 1. The van der Waals surface area contributed by atoms with E-state index in [0.717, 1.165) is 5.56 Å². The van der Waals surface area contributed by atoms with Crippen LogP contribution >= 0.6 is 0 Å². The highest BCUT2D eigenvalue weighted by Crippen LogP contribution is 2.18. The molecule has 4 heterocycles. The van der Waals surface area contributed by atoms with Gasteiger partial charge < -0.3 is 4.98 Å². The van der Waals surface area contributed by atoms with Crippen LogP contribution in [-0.4, -0.2) is 34.1 Å². The molecule has 0 radical (unpaired) electrons. The lowest BCUT2D eigenvalue weighted by Crippen LogP contribution is -2.22. The molecule has 4 aromatic heterocycles. The quantitative estimate of drug-likeness (QED) is 0.524. The van der Waals surface area contributed by atoms with Crippen molar-refractivity contribution in [3.05, 3.63) is 76.5 Å². The van der Waals surface area contributed by atoms with Gasteiger partial charge in [0.25, 0.3) is 5.56 Å². The Bertz CT molecular complexity index is 1330. The second-order valence-corrected chi connectivity index (χ2v) is 6.45. The summed E-state index contributed by atoms with van der Waals surface area (Å²) in [5, 5.41) is 4.64. The van der Waals surface area contributed by atoms with Crippen LogP contribution in [0.5, 0.6) is 0 Å². The molecule has 0 amide bonds. The number of benzene rings is 1. The van der Waals surface area contributed by atoms with E-state index in [-0.39, 0.29) is 5.56 Å². The number of nitrogens with one attached hydrogen (secondary N) is 1. The van der Waals surface area contributed by atoms with Gasteiger partial charge in [0.05, 0.1) is 0 Å². The Kier molecular flexibility index (Phi) is 3.75. The van der Waals surface area contributed by atoms with Crippen molar-refractivity contribution in [1.29, 1.82) is 0 Å². The van der Waals surface area contributed by atoms with E-state index in [9.17, 15) is 4.79 Å². The lowest BCUT2D eigenvalue weighted by Gasteiger charge is -2.02. The fourth-order valence-corrected chi connectivity index (χ4v) is 3.32. The van der Waals surface area contributed by atoms with Crippen molar-refractivity contribution in [3.8, 4) is 11.5 Å². The van der Waals surface area contributed by atoms with Crippen LogP contribution in [0.25, 0.3) is 28.5 Å². The summed E-state index contributed by atoms with van der Waals surface area (Å²) in [6.07, 6.45) is 2.27. The van der Waals surface area contributed by atoms with Crippen LogP contribution in [0.4, 0.5) is 0 Å². The first-order chi connectivity index (χ1) is 13.7. The smallest absolute Gasteiger partial charge is 0.281 e. The highest BCUT2D eigenvalue weighted by atomic mass is 16.1. The maximum atomic E-state index is 13.0. The number of H-pyrrole nitrogens is 1. The summed E-state index contributed by atoms with van der Waals surface area (Å²) in [6.45, 7) is 2.40. The van der Waals surface area contributed by atoms with Gasteiger partial charge in [-0.1, -0.05) is 36.4 Å². The number of pyridine rings is 1. The van der Waals surface area contributed by atoms with E-state index >= 15 is 0 Å². The van der Waals surface area contributed by atoms with Crippen molar-refractivity contribution in [3.63, 3.8) is 0 Å². The molecule has 0 aliphatic rings. The van der Waals surface area contributed by atoms with Crippen LogP contribution < -0.4 is 5.56 Å². The lowest BCUT2D eigenvalue weighted by molar-refractivity contribution is 0.727. The standard InChI is InChI=1S/C20H17N7O/c1-2-26-19(28)16-18(24-17(23-16)14-10-6-7-11-21-14)27-20(26)22-15(25-27)12-13-8-4-3-5-9-13/h3-11H,2,12H2,1H3,(H,23,24). The molecule has 0 spiro atoms. The average molecular weight is 371 g/mol. The van der Waals surface area contributed by atoms with Crippen molar-refractivity contribution in [2.75, 3.05) is 0 Å². The van der Waals surface area contributed by atoms with Crippen molar-refractivity contribution >= 4 is 16.9 Å². The summed E-state index contributed by atoms with van der Waals surface area (Å²) in [5.41, 5.74) is 2.46. The maximum absolute atomic E-state index is 13.0. The highest BCUT2D eigenvalue weighted by Gasteiger charge is 2.19. The van der Waals surface area contributed by atoms with Gasteiger partial charge in [0.1, 0.15) is 5.69 Å². The second-order valence-electron chi connectivity index (χ2n) is 6.45. The van der Waals surface area contributed by atoms with Crippen molar-refractivity contribution in [2.45, 2.75) is 19.9 Å². The number of aryl methyl sites for hydroxylation is 1. The molecule has 0 bridgehead atoms. The third-order valence-electron chi connectivity index (χ3n) is 4.65. The maximum Gasteiger partial charge on any atom is 0.281 e. The number of nitrogens with zero attached hydrogens (tertiary/aromatic N) is 6. The van der Waals surface area contributed by atoms with Gasteiger partial charge in [0, 0.05) is 19.2 Å². The zero-order chi connectivity index (χ0) is 19.1. The van der Waals surface area contributed by atoms with Crippen molar-refractivity contribution in [1.82, 2.24) is 34.1 Å². The molecule has 0 saturated heterocycles. The molecule has 0 aliphatic heterocycles. The summed E-state index contributed by atoms with van der Waals surface area (Å²) in [4.78, 5) is 29.6. The van der Waals surface area contributed by atoms with Crippen LogP contribution in [0.15, 0.2) is 59.5 Å². The SMILES string of the molecule is CCn1c(=O)c2[nH]c(-c3ccccn3)nc2n2nc(Cc3ccccc3)nc12. The Morgan fingerprint density at radius 1 is 1.04 bits per heavy atom. The number of hydrogen-bond donors (Lipinski definition) is 1. The molecule has 0 fully saturated rings. The monoisotopic (exact) mass is 371 g/mol. The fourth-order valence-electron chi connectivity index (χ4n) is 3.32. The van der Waals surface area contributed by atoms with Crippen molar-refractivity contribution < 1.29 is 0 Å². The molecule has 0 saturated carbocycles. The van der Waals surface area contributed by atoms with E-state index in [1.54, 1.807) is 15.3 Å². The second kappa shape index (κ2) is 6.41. The minimum Gasteiger partial charge on any atom is -0.331 e. The molecular formula is C20H17N7O. The Morgan fingerprint density at radius 3 is 2.61 bits per heavy atom. The number of aromatic amines is 1. The summed E-state index contributed by atoms with van der Waals surface area (Å²) < 4.78 is 3.24. The summed E-state index contributed by atoms with van der Waals surface area (Å²) in [5.74, 6) is 1.66. The Morgan fingerprint density at radius 2 is 1.86 bits per heavy atom. The first-order valence-corrected chi connectivity index (χ1v) is 9.08. The highest BCUT2D eigenvalue weighted by molar-refractivity contribution is 5.76. The zero-order valence-corrected chi connectivity index (χ0v) is 15.2. The van der Waals surface area contributed by atoms with Crippen LogP contribution in [0.2, 0.25) is 0 Å². The number of hydrogen-bond acceptors (Lipinski definition) is 5. The van der Waals surface area contributed by atoms with E-state index in [1.165, 1.54) is 0 Å². The van der Waals surface area contributed by atoms with Gasteiger partial charge in [-0.25, -0.2) is 4.98 Å². The van der Waals surface area contributed by atoms with Gasteiger partial charge in [0.2, 0.25) is 5.78 Å². The van der Waals surface area contributed by atoms with Gasteiger partial charge in [-0.3, -0.25) is 14.3 Å². The van der Waals surface area contributed by atoms with Gasteiger partial charge in [-0.05, 0) is 24.6 Å². The third kappa shape index (κ3) is 2.58. The van der Waals surface area contributed by atoms with Crippen LogP contribution in [-0.2, 0) is 13.0 Å². The molecule has 138 valence electrons. The normalized spacial score (nSPS) is 11.5. The first kappa shape index (κ1) is 16.4. The van der Waals surface area contributed by atoms with E-state index in [4.69, 9.17) is 0 Å². The number of aromatic nitrogens is 7. The predicted octanol–water partition coefficient (Wildman–Crippen LogP) is 2.44. The molecule has 28 heavy (non-hydrogen) atoms. The first-order valence-electron chi connectivity index (χ1n) is 9.08. The Balaban J connectivity index is 1.73. The largest absolute Gasteiger partial charge is 0.331 e. The lowest BCUT2D eigenvalue weighted by atomic mass is 10.1. The molecule has 0 unspecified atom stereocenters. The van der Waals surface area contributed by atoms with E-state index in [0.29, 0.717) is 47.2 Å². The topological polar surface area (TPSA) is 93.8 Å². The summed E-state index contributed by atoms with van der Waals surface area (Å²) in [7, 11) is 0. The molecule has 0 aliphatic carbocycles. The summed E-state index contributed by atoms with van der Waals surface area (Å²) in [6, 6.07) is 15.6. The number of rotatable bonds is 4. The van der Waals surface area contributed by atoms with Crippen LogP contribution in [0, 0.1) is 0 Å². The Hall–Kier alpha value is -3.81. The third-order valence-corrected chi connectivity index (χ3v) is 4.65. The van der Waals surface area contributed by atoms with Gasteiger partial charge >= 0.3 is 0 Å². The molecule has 8 nitrogen and oxygen atoms in total. The van der Waals surface area contributed by atoms with Crippen molar-refractivity contribution in [2.24, 2.45) is 0 Å². The molecular weight excluding hydrogens is 354 g/mol.